The second-order valence-electron chi connectivity index (χ2n) is 4.77. The van der Waals surface area contributed by atoms with Crippen molar-refractivity contribution in [3.63, 3.8) is 0 Å². The second kappa shape index (κ2) is 6.10. The van der Waals surface area contributed by atoms with Crippen LogP contribution in [-0.4, -0.2) is 17.6 Å². The first kappa shape index (κ1) is 13.9. The lowest BCUT2D eigenvalue weighted by Crippen LogP contribution is -2.26. The van der Waals surface area contributed by atoms with E-state index in [1.54, 1.807) is 0 Å². The smallest absolute Gasteiger partial charge is 0.253 e. The molecule has 0 aliphatic carbocycles. The number of carbonyl (C=O) groups is 1. The number of nitrogen functional groups attached to an aromatic ring is 1. The molecule has 0 spiro atoms. The first-order valence-corrected chi connectivity index (χ1v) is 6.48. The molecule has 20 heavy (non-hydrogen) atoms. The zero-order valence-electron chi connectivity index (χ0n) is 11.4. The Bertz CT molecular complexity index is 624. The topological polar surface area (TPSA) is 75.3 Å². The van der Waals surface area contributed by atoms with Crippen LogP contribution in [-0.2, 0) is 6.42 Å². The van der Waals surface area contributed by atoms with Crippen LogP contribution < -0.4 is 11.1 Å². The number of nitrogens with one attached hydrogen (secondary N) is 1. The van der Waals surface area contributed by atoms with Gasteiger partial charge in [-0.05, 0) is 37.1 Å². The summed E-state index contributed by atoms with van der Waals surface area (Å²) in [5.74, 6) is -0.242. The number of hydrogen-bond donors (Lipinski definition) is 3. The number of benzene rings is 2. The van der Waals surface area contributed by atoms with Gasteiger partial charge in [0.1, 0.15) is 5.75 Å². The van der Waals surface area contributed by atoms with Gasteiger partial charge in [-0.15, -0.1) is 0 Å². The Morgan fingerprint density at radius 3 is 2.80 bits per heavy atom. The molecule has 4 heteroatoms. The number of phenols is 1. The van der Waals surface area contributed by atoms with Crippen molar-refractivity contribution < 1.29 is 9.90 Å². The lowest BCUT2D eigenvalue weighted by Gasteiger charge is -2.08. The molecule has 0 fully saturated rings. The molecule has 2 rings (SSSR count). The lowest BCUT2D eigenvalue weighted by molar-refractivity contribution is 0.0954. The predicted octanol–water partition coefficient (Wildman–Crippen LogP) is 2.26. The first-order chi connectivity index (χ1) is 9.56. The number of aryl methyl sites for hydroxylation is 1. The van der Waals surface area contributed by atoms with Crippen LogP contribution in [0.25, 0.3) is 0 Å². The summed E-state index contributed by atoms with van der Waals surface area (Å²) in [5, 5.41) is 12.2. The van der Waals surface area contributed by atoms with E-state index >= 15 is 0 Å². The van der Waals surface area contributed by atoms with Crippen molar-refractivity contribution in [2.75, 3.05) is 12.3 Å². The Kier molecular flexibility index (Phi) is 4.25. The minimum absolute atomic E-state index is 0.0306. The fourth-order valence-corrected chi connectivity index (χ4v) is 2.02. The van der Waals surface area contributed by atoms with Gasteiger partial charge in [0.15, 0.2) is 0 Å². The molecule has 0 saturated carbocycles. The molecule has 4 N–H and O–H groups in total. The SMILES string of the molecule is Cc1cccc(CCNC(=O)c2cc(O)ccc2N)c1. The van der Waals surface area contributed by atoms with E-state index in [2.05, 4.69) is 11.4 Å². The van der Waals surface area contributed by atoms with Gasteiger partial charge in [-0.3, -0.25) is 4.79 Å². The number of aromatic hydroxyl groups is 1. The number of nitrogens with two attached hydrogens (primary N) is 1. The summed E-state index contributed by atoms with van der Waals surface area (Å²) >= 11 is 0. The largest absolute Gasteiger partial charge is 0.508 e. The van der Waals surface area contributed by atoms with Crippen LogP contribution in [0.3, 0.4) is 0 Å². The van der Waals surface area contributed by atoms with Crippen LogP contribution >= 0.6 is 0 Å². The third-order valence-corrected chi connectivity index (χ3v) is 3.06. The fraction of sp³-hybridized carbons (Fsp3) is 0.188. The van der Waals surface area contributed by atoms with Gasteiger partial charge in [-0.25, -0.2) is 0 Å². The van der Waals surface area contributed by atoms with Crippen molar-refractivity contribution in [1.82, 2.24) is 5.32 Å². The zero-order chi connectivity index (χ0) is 14.5. The van der Waals surface area contributed by atoms with Crippen molar-refractivity contribution >= 4 is 11.6 Å². The molecule has 0 aliphatic heterocycles. The number of amides is 1. The fourth-order valence-electron chi connectivity index (χ4n) is 2.02. The summed E-state index contributed by atoms with van der Waals surface area (Å²) in [7, 11) is 0. The Morgan fingerprint density at radius 1 is 1.25 bits per heavy atom. The monoisotopic (exact) mass is 270 g/mol. The third-order valence-electron chi connectivity index (χ3n) is 3.06. The number of hydrogen-bond acceptors (Lipinski definition) is 3. The highest BCUT2D eigenvalue weighted by Crippen LogP contribution is 2.18. The summed E-state index contributed by atoms with van der Waals surface area (Å²) in [6.45, 7) is 2.56. The van der Waals surface area contributed by atoms with Crippen LogP contribution in [0.2, 0.25) is 0 Å². The van der Waals surface area contributed by atoms with Crippen molar-refractivity contribution in [2.45, 2.75) is 13.3 Å². The molecule has 0 atom stereocenters. The van der Waals surface area contributed by atoms with Gasteiger partial charge in [-0.2, -0.15) is 0 Å². The molecule has 0 radical (unpaired) electrons. The summed E-state index contributed by atoms with van der Waals surface area (Å²) < 4.78 is 0. The predicted molar refractivity (Wildman–Crippen MR) is 79.7 cm³/mol. The van der Waals surface area contributed by atoms with Gasteiger partial charge in [-0.1, -0.05) is 29.8 Å². The molecule has 104 valence electrons. The Morgan fingerprint density at radius 2 is 2.05 bits per heavy atom. The molecule has 4 nitrogen and oxygen atoms in total. The van der Waals surface area contributed by atoms with E-state index in [1.165, 1.54) is 29.3 Å². The van der Waals surface area contributed by atoms with Crippen molar-refractivity contribution in [3.05, 3.63) is 59.2 Å². The molecule has 2 aromatic carbocycles. The quantitative estimate of drug-likeness (QED) is 0.589. The van der Waals surface area contributed by atoms with Crippen LogP contribution in [0.1, 0.15) is 21.5 Å². The van der Waals surface area contributed by atoms with Gasteiger partial charge in [0.05, 0.1) is 5.56 Å². The number of carbonyl (C=O) groups excluding carboxylic acids is 1. The molecule has 0 aliphatic rings. The highest BCUT2D eigenvalue weighted by atomic mass is 16.3. The Labute approximate surface area is 118 Å². The van der Waals surface area contributed by atoms with Gasteiger partial charge < -0.3 is 16.2 Å². The maximum atomic E-state index is 12.0. The minimum atomic E-state index is -0.272. The van der Waals surface area contributed by atoms with E-state index in [1.807, 2.05) is 25.1 Å². The maximum absolute atomic E-state index is 12.0. The van der Waals surface area contributed by atoms with Gasteiger partial charge in [0.2, 0.25) is 0 Å². The molecule has 0 heterocycles. The van der Waals surface area contributed by atoms with E-state index in [-0.39, 0.29) is 11.7 Å². The van der Waals surface area contributed by atoms with Crippen molar-refractivity contribution in [3.8, 4) is 5.75 Å². The van der Waals surface area contributed by atoms with Gasteiger partial charge in [0.25, 0.3) is 5.91 Å². The Hall–Kier alpha value is -2.49. The molecule has 1 amide bonds. The van der Waals surface area contributed by atoms with Crippen LogP contribution in [0.5, 0.6) is 5.75 Å². The molecule has 0 unspecified atom stereocenters. The summed E-state index contributed by atoms with van der Waals surface area (Å²) in [5.41, 5.74) is 8.75. The van der Waals surface area contributed by atoms with E-state index in [0.29, 0.717) is 17.8 Å². The normalized spacial score (nSPS) is 10.2. The van der Waals surface area contributed by atoms with Crippen molar-refractivity contribution in [1.29, 1.82) is 0 Å². The van der Waals surface area contributed by atoms with Gasteiger partial charge >= 0.3 is 0 Å². The number of rotatable bonds is 4. The molecule has 0 bridgehead atoms. The van der Waals surface area contributed by atoms with E-state index in [0.717, 1.165) is 6.42 Å². The van der Waals surface area contributed by atoms with E-state index in [4.69, 9.17) is 5.73 Å². The molecular weight excluding hydrogens is 252 g/mol. The summed E-state index contributed by atoms with van der Waals surface area (Å²) in [6.07, 6.45) is 0.756. The minimum Gasteiger partial charge on any atom is -0.508 e. The highest BCUT2D eigenvalue weighted by Gasteiger charge is 2.09. The van der Waals surface area contributed by atoms with E-state index < -0.39 is 0 Å². The standard InChI is InChI=1S/C16H18N2O2/c1-11-3-2-4-12(9-11)7-8-18-16(20)14-10-13(19)5-6-15(14)17/h2-6,9-10,19H,7-8,17H2,1H3,(H,18,20). The molecule has 0 saturated heterocycles. The summed E-state index contributed by atoms with van der Waals surface area (Å²) in [6, 6.07) is 12.5. The average molecular weight is 270 g/mol. The number of phenolic OH excluding ortho intramolecular Hbond substituents is 1. The third kappa shape index (κ3) is 3.51. The van der Waals surface area contributed by atoms with Crippen LogP contribution in [0.4, 0.5) is 5.69 Å². The average Bonchev–Trinajstić information content (AvgIpc) is 2.41. The van der Waals surface area contributed by atoms with Crippen LogP contribution in [0, 0.1) is 6.92 Å². The molecular formula is C16H18N2O2. The highest BCUT2D eigenvalue weighted by molar-refractivity contribution is 5.99. The van der Waals surface area contributed by atoms with Crippen LogP contribution in [0.15, 0.2) is 42.5 Å². The van der Waals surface area contributed by atoms with Gasteiger partial charge in [0, 0.05) is 12.2 Å². The second-order valence-corrected chi connectivity index (χ2v) is 4.77. The number of anilines is 1. The first-order valence-electron chi connectivity index (χ1n) is 6.48. The lowest BCUT2D eigenvalue weighted by atomic mass is 10.1. The zero-order valence-corrected chi connectivity index (χ0v) is 11.4. The van der Waals surface area contributed by atoms with E-state index in [9.17, 15) is 9.90 Å². The summed E-state index contributed by atoms with van der Waals surface area (Å²) in [4.78, 5) is 12.0. The molecule has 0 aromatic heterocycles. The Balaban J connectivity index is 1.94. The van der Waals surface area contributed by atoms with Crippen molar-refractivity contribution in [2.24, 2.45) is 0 Å². The maximum Gasteiger partial charge on any atom is 0.253 e. The molecule has 2 aromatic rings.